The maximum Gasteiger partial charge on any atom is 0.319 e. The number of urea groups is 1. The summed E-state index contributed by atoms with van der Waals surface area (Å²) < 4.78 is 0. The molecule has 2 amide bonds. The van der Waals surface area contributed by atoms with Crippen LogP contribution in [0.2, 0.25) is 5.02 Å². The summed E-state index contributed by atoms with van der Waals surface area (Å²) in [5.74, 6) is 0. The van der Waals surface area contributed by atoms with Gasteiger partial charge in [-0.15, -0.1) is 0 Å². The molecule has 2 rings (SSSR count). The van der Waals surface area contributed by atoms with Crippen LogP contribution in [0.15, 0.2) is 48.5 Å². The van der Waals surface area contributed by atoms with Crippen LogP contribution in [0, 0.1) is 11.3 Å². The molecule has 0 heterocycles. The standard InChI is InChI=1S/C15H12ClN3O/c16-14-7-2-1-5-12(14)10-18-15(20)19-13-6-3-4-11(8-13)9-17/h1-8H,10H2,(H2,18,19,20). The fourth-order valence-corrected chi connectivity index (χ4v) is 1.86. The number of carbonyl (C=O) groups is 1. The van der Waals surface area contributed by atoms with Crippen LogP contribution >= 0.6 is 11.6 Å². The van der Waals surface area contributed by atoms with E-state index in [0.29, 0.717) is 22.8 Å². The first-order valence-electron chi connectivity index (χ1n) is 5.97. The highest BCUT2D eigenvalue weighted by Crippen LogP contribution is 2.14. The Morgan fingerprint density at radius 3 is 2.75 bits per heavy atom. The first kappa shape index (κ1) is 13.9. The minimum absolute atomic E-state index is 0.337. The second kappa shape index (κ2) is 6.60. The zero-order valence-corrected chi connectivity index (χ0v) is 11.3. The molecule has 4 nitrogen and oxygen atoms in total. The lowest BCUT2D eigenvalue weighted by atomic mass is 10.2. The van der Waals surface area contributed by atoms with Crippen LogP contribution in [-0.4, -0.2) is 6.03 Å². The molecular formula is C15H12ClN3O. The highest BCUT2D eigenvalue weighted by Gasteiger charge is 2.04. The smallest absolute Gasteiger partial charge is 0.319 e. The van der Waals surface area contributed by atoms with Gasteiger partial charge in [0.1, 0.15) is 0 Å². The fraction of sp³-hybridized carbons (Fsp3) is 0.0667. The highest BCUT2D eigenvalue weighted by atomic mass is 35.5. The summed E-state index contributed by atoms with van der Waals surface area (Å²) in [4.78, 5) is 11.7. The van der Waals surface area contributed by atoms with Crippen LogP contribution in [-0.2, 0) is 6.54 Å². The Labute approximate surface area is 122 Å². The second-order valence-electron chi connectivity index (χ2n) is 4.09. The number of benzene rings is 2. The van der Waals surface area contributed by atoms with Crippen LogP contribution in [0.4, 0.5) is 10.5 Å². The summed E-state index contributed by atoms with van der Waals surface area (Å²) in [7, 11) is 0. The summed E-state index contributed by atoms with van der Waals surface area (Å²) in [5.41, 5.74) is 1.91. The molecule has 0 spiro atoms. The van der Waals surface area contributed by atoms with Gasteiger partial charge in [0.15, 0.2) is 0 Å². The molecule has 0 aromatic heterocycles. The number of hydrogen-bond donors (Lipinski definition) is 2. The fourth-order valence-electron chi connectivity index (χ4n) is 1.66. The number of anilines is 1. The molecule has 20 heavy (non-hydrogen) atoms. The first-order valence-corrected chi connectivity index (χ1v) is 6.35. The molecule has 0 unspecified atom stereocenters. The van der Waals surface area contributed by atoms with Crippen LogP contribution in [0.3, 0.4) is 0 Å². The van der Waals surface area contributed by atoms with Crippen molar-refractivity contribution < 1.29 is 4.79 Å². The number of nitriles is 1. The average molecular weight is 286 g/mol. The van der Waals surface area contributed by atoms with E-state index in [1.165, 1.54) is 0 Å². The van der Waals surface area contributed by atoms with Crippen molar-refractivity contribution in [3.63, 3.8) is 0 Å². The van der Waals surface area contributed by atoms with Gasteiger partial charge in [-0.2, -0.15) is 5.26 Å². The maximum atomic E-state index is 11.7. The predicted octanol–water partition coefficient (Wildman–Crippen LogP) is 3.53. The molecule has 0 fully saturated rings. The SMILES string of the molecule is N#Cc1cccc(NC(=O)NCc2ccccc2Cl)c1. The zero-order chi connectivity index (χ0) is 14.4. The summed E-state index contributed by atoms with van der Waals surface area (Å²) in [6.07, 6.45) is 0. The normalized spacial score (nSPS) is 9.60. The number of halogens is 1. The summed E-state index contributed by atoms with van der Waals surface area (Å²) in [6, 6.07) is 15.7. The molecule has 0 aliphatic heterocycles. The molecule has 100 valence electrons. The van der Waals surface area contributed by atoms with E-state index >= 15 is 0 Å². The Kier molecular flexibility index (Phi) is 4.59. The third kappa shape index (κ3) is 3.74. The summed E-state index contributed by atoms with van der Waals surface area (Å²) in [5, 5.41) is 14.8. The van der Waals surface area contributed by atoms with Gasteiger partial charge < -0.3 is 10.6 Å². The van der Waals surface area contributed by atoms with Crippen molar-refractivity contribution in [1.82, 2.24) is 5.32 Å². The molecular weight excluding hydrogens is 274 g/mol. The quantitative estimate of drug-likeness (QED) is 0.906. The monoisotopic (exact) mass is 285 g/mol. The van der Waals surface area contributed by atoms with Crippen molar-refractivity contribution in [2.24, 2.45) is 0 Å². The molecule has 0 atom stereocenters. The van der Waals surface area contributed by atoms with Crippen LogP contribution in [0.1, 0.15) is 11.1 Å². The van der Waals surface area contributed by atoms with Gasteiger partial charge in [0.2, 0.25) is 0 Å². The molecule has 5 heteroatoms. The summed E-state index contributed by atoms with van der Waals surface area (Å²) >= 11 is 6.00. The molecule has 0 saturated carbocycles. The Morgan fingerprint density at radius 1 is 1.20 bits per heavy atom. The Hall–Kier alpha value is -2.51. The van der Waals surface area contributed by atoms with E-state index in [-0.39, 0.29) is 6.03 Å². The lowest BCUT2D eigenvalue weighted by Gasteiger charge is -2.08. The zero-order valence-electron chi connectivity index (χ0n) is 10.6. The van der Waals surface area contributed by atoms with E-state index in [4.69, 9.17) is 16.9 Å². The second-order valence-corrected chi connectivity index (χ2v) is 4.50. The van der Waals surface area contributed by atoms with Gasteiger partial charge in [-0.25, -0.2) is 4.79 Å². The van der Waals surface area contributed by atoms with Gasteiger partial charge in [-0.3, -0.25) is 0 Å². The number of nitrogens with one attached hydrogen (secondary N) is 2. The third-order valence-electron chi connectivity index (χ3n) is 2.65. The Morgan fingerprint density at radius 2 is 2.00 bits per heavy atom. The van der Waals surface area contributed by atoms with Crippen molar-refractivity contribution in [2.75, 3.05) is 5.32 Å². The predicted molar refractivity (Wildman–Crippen MR) is 78.5 cm³/mol. The van der Waals surface area contributed by atoms with Gasteiger partial charge in [0.25, 0.3) is 0 Å². The number of hydrogen-bond acceptors (Lipinski definition) is 2. The van der Waals surface area contributed by atoms with E-state index < -0.39 is 0 Å². The van der Waals surface area contributed by atoms with E-state index in [1.54, 1.807) is 30.3 Å². The van der Waals surface area contributed by atoms with E-state index in [2.05, 4.69) is 10.6 Å². The molecule has 0 bridgehead atoms. The van der Waals surface area contributed by atoms with Crippen molar-refractivity contribution in [3.8, 4) is 6.07 Å². The first-order chi connectivity index (χ1) is 9.69. The molecule has 2 aromatic rings. The maximum absolute atomic E-state index is 11.7. The van der Waals surface area contributed by atoms with Crippen molar-refractivity contribution in [2.45, 2.75) is 6.54 Å². The van der Waals surface area contributed by atoms with Gasteiger partial charge in [-0.05, 0) is 29.8 Å². The Bertz CT molecular complexity index is 664. The number of nitrogens with zero attached hydrogens (tertiary/aromatic N) is 1. The van der Waals surface area contributed by atoms with E-state index in [0.717, 1.165) is 5.56 Å². The Balaban J connectivity index is 1.93. The van der Waals surface area contributed by atoms with Crippen molar-refractivity contribution in [3.05, 3.63) is 64.7 Å². The van der Waals surface area contributed by atoms with Crippen LogP contribution in [0.25, 0.3) is 0 Å². The van der Waals surface area contributed by atoms with Crippen molar-refractivity contribution in [1.29, 1.82) is 5.26 Å². The number of rotatable bonds is 3. The van der Waals surface area contributed by atoms with Crippen LogP contribution < -0.4 is 10.6 Å². The molecule has 0 saturated heterocycles. The van der Waals surface area contributed by atoms with Crippen molar-refractivity contribution >= 4 is 23.3 Å². The lowest BCUT2D eigenvalue weighted by Crippen LogP contribution is -2.28. The molecule has 0 radical (unpaired) electrons. The molecule has 0 aliphatic rings. The molecule has 0 aliphatic carbocycles. The number of carbonyl (C=O) groups excluding carboxylic acids is 1. The van der Waals surface area contributed by atoms with E-state index in [1.807, 2.05) is 24.3 Å². The van der Waals surface area contributed by atoms with Gasteiger partial charge in [0, 0.05) is 17.3 Å². The molecule has 2 N–H and O–H groups in total. The number of amides is 2. The third-order valence-corrected chi connectivity index (χ3v) is 3.02. The minimum atomic E-state index is -0.347. The van der Waals surface area contributed by atoms with Gasteiger partial charge in [-0.1, -0.05) is 35.9 Å². The van der Waals surface area contributed by atoms with Gasteiger partial charge >= 0.3 is 6.03 Å². The average Bonchev–Trinajstić information content (AvgIpc) is 2.46. The topological polar surface area (TPSA) is 64.9 Å². The largest absolute Gasteiger partial charge is 0.334 e. The van der Waals surface area contributed by atoms with Gasteiger partial charge in [0.05, 0.1) is 11.6 Å². The lowest BCUT2D eigenvalue weighted by molar-refractivity contribution is 0.252. The minimum Gasteiger partial charge on any atom is -0.334 e. The summed E-state index contributed by atoms with van der Waals surface area (Å²) in [6.45, 7) is 0.337. The highest BCUT2D eigenvalue weighted by molar-refractivity contribution is 6.31. The van der Waals surface area contributed by atoms with E-state index in [9.17, 15) is 4.79 Å². The van der Waals surface area contributed by atoms with Crippen LogP contribution in [0.5, 0.6) is 0 Å². The molecule has 2 aromatic carbocycles.